The summed E-state index contributed by atoms with van der Waals surface area (Å²) in [6, 6.07) is 4.39. The molecule has 0 saturated heterocycles. The molecule has 0 aliphatic heterocycles. The Morgan fingerprint density at radius 3 is 2.69 bits per heavy atom. The molecule has 0 radical (unpaired) electrons. The third kappa shape index (κ3) is 2.69. The van der Waals surface area contributed by atoms with Crippen LogP contribution in [0.1, 0.15) is 13.3 Å². The molecule has 1 aromatic rings. The lowest BCUT2D eigenvalue weighted by molar-refractivity contribution is -0.509. The fourth-order valence-corrected chi connectivity index (χ4v) is 1.12. The SMILES string of the molecule is CCC(C(=O)Oc1ccccc1O)[N+](=O)[O-]. The van der Waals surface area contributed by atoms with Gasteiger partial charge in [0.15, 0.2) is 11.5 Å². The standard InChI is InChI=1S/C10H11NO5/c1-2-7(11(14)15)10(13)16-9-6-4-3-5-8(9)12/h3-7,12H,2H2,1H3. The maximum absolute atomic E-state index is 11.4. The zero-order valence-corrected chi connectivity index (χ0v) is 8.62. The molecule has 86 valence electrons. The lowest BCUT2D eigenvalue weighted by Gasteiger charge is -2.08. The molecule has 0 spiro atoms. The van der Waals surface area contributed by atoms with Crippen molar-refractivity contribution in [1.82, 2.24) is 0 Å². The average molecular weight is 225 g/mol. The number of para-hydroxylation sites is 2. The van der Waals surface area contributed by atoms with Crippen molar-refractivity contribution in [3.8, 4) is 11.5 Å². The van der Waals surface area contributed by atoms with Crippen LogP contribution < -0.4 is 4.74 Å². The van der Waals surface area contributed by atoms with E-state index < -0.39 is 16.9 Å². The minimum absolute atomic E-state index is 0.0411. The van der Waals surface area contributed by atoms with Crippen molar-refractivity contribution in [2.75, 3.05) is 0 Å². The van der Waals surface area contributed by atoms with Crippen molar-refractivity contribution in [2.24, 2.45) is 0 Å². The normalized spacial score (nSPS) is 11.8. The van der Waals surface area contributed by atoms with Gasteiger partial charge in [0, 0.05) is 11.3 Å². The number of phenols is 1. The van der Waals surface area contributed by atoms with Gasteiger partial charge in [-0.15, -0.1) is 0 Å². The van der Waals surface area contributed by atoms with E-state index in [9.17, 15) is 20.0 Å². The van der Waals surface area contributed by atoms with Crippen LogP contribution in [0.25, 0.3) is 0 Å². The largest absolute Gasteiger partial charge is 0.504 e. The molecule has 1 aromatic carbocycles. The van der Waals surface area contributed by atoms with E-state index >= 15 is 0 Å². The second-order valence-corrected chi connectivity index (χ2v) is 3.10. The van der Waals surface area contributed by atoms with Gasteiger partial charge in [0.1, 0.15) is 0 Å². The van der Waals surface area contributed by atoms with Gasteiger partial charge in [0.05, 0.1) is 0 Å². The zero-order valence-electron chi connectivity index (χ0n) is 8.62. The number of esters is 1. The van der Waals surface area contributed by atoms with Gasteiger partial charge in [-0.2, -0.15) is 0 Å². The molecular weight excluding hydrogens is 214 g/mol. The Bertz CT molecular complexity index is 404. The summed E-state index contributed by atoms with van der Waals surface area (Å²) in [6.45, 7) is 1.51. The van der Waals surface area contributed by atoms with Crippen molar-refractivity contribution in [3.63, 3.8) is 0 Å². The molecule has 1 unspecified atom stereocenters. The van der Waals surface area contributed by atoms with Crippen LogP contribution >= 0.6 is 0 Å². The third-order valence-corrected chi connectivity index (χ3v) is 1.99. The number of carbonyl (C=O) groups excluding carboxylic acids is 1. The summed E-state index contributed by atoms with van der Waals surface area (Å²) in [5.41, 5.74) is 0. The van der Waals surface area contributed by atoms with Crippen LogP contribution in [-0.2, 0) is 4.79 Å². The topological polar surface area (TPSA) is 89.7 Å². The first kappa shape index (κ1) is 12.0. The van der Waals surface area contributed by atoms with Crippen molar-refractivity contribution < 1.29 is 19.6 Å². The maximum Gasteiger partial charge on any atom is 0.387 e. The minimum atomic E-state index is -1.40. The smallest absolute Gasteiger partial charge is 0.387 e. The number of carbonyl (C=O) groups is 1. The lowest BCUT2D eigenvalue weighted by Crippen LogP contribution is -2.32. The molecule has 0 heterocycles. The zero-order chi connectivity index (χ0) is 12.1. The lowest BCUT2D eigenvalue weighted by atomic mass is 10.2. The van der Waals surface area contributed by atoms with Gasteiger partial charge in [0.2, 0.25) is 0 Å². The Labute approximate surface area is 91.6 Å². The summed E-state index contributed by atoms with van der Waals surface area (Å²) in [4.78, 5) is 21.1. The van der Waals surface area contributed by atoms with Gasteiger partial charge in [-0.3, -0.25) is 10.1 Å². The monoisotopic (exact) mass is 225 g/mol. The number of hydrogen-bond donors (Lipinski definition) is 1. The van der Waals surface area contributed by atoms with E-state index in [-0.39, 0.29) is 17.9 Å². The summed E-state index contributed by atoms with van der Waals surface area (Å²) < 4.78 is 4.73. The first-order chi connectivity index (χ1) is 7.56. The molecule has 0 aliphatic carbocycles. The number of rotatable bonds is 4. The quantitative estimate of drug-likeness (QED) is 0.361. The third-order valence-electron chi connectivity index (χ3n) is 1.99. The predicted molar refractivity (Wildman–Crippen MR) is 54.8 cm³/mol. The predicted octanol–water partition coefficient (Wildman–Crippen LogP) is 1.35. The van der Waals surface area contributed by atoms with Crippen molar-refractivity contribution in [3.05, 3.63) is 34.4 Å². The fraction of sp³-hybridized carbons (Fsp3) is 0.300. The van der Waals surface area contributed by atoms with Crippen LogP contribution in [0.5, 0.6) is 11.5 Å². The molecule has 1 atom stereocenters. The number of ether oxygens (including phenoxy) is 1. The highest BCUT2D eigenvalue weighted by molar-refractivity contribution is 5.77. The van der Waals surface area contributed by atoms with Gasteiger partial charge >= 0.3 is 12.0 Å². The van der Waals surface area contributed by atoms with E-state index in [2.05, 4.69) is 0 Å². The highest BCUT2D eigenvalue weighted by Gasteiger charge is 2.30. The first-order valence-electron chi connectivity index (χ1n) is 4.69. The molecule has 0 bridgehead atoms. The molecule has 0 aliphatic rings. The fourth-order valence-electron chi connectivity index (χ4n) is 1.12. The Balaban J connectivity index is 2.78. The van der Waals surface area contributed by atoms with E-state index in [1.807, 2.05) is 0 Å². The molecule has 1 N–H and O–H groups in total. The van der Waals surface area contributed by atoms with Crippen LogP contribution in [0, 0.1) is 10.1 Å². The van der Waals surface area contributed by atoms with Crippen LogP contribution in [0.3, 0.4) is 0 Å². The van der Waals surface area contributed by atoms with Crippen LogP contribution in [0.2, 0.25) is 0 Å². The van der Waals surface area contributed by atoms with E-state index in [1.165, 1.54) is 19.1 Å². The second-order valence-electron chi connectivity index (χ2n) is 3.10. The van der Waals surface area contributed by atoms with Crippen LogP contribution in [-0.4, -0.2) is 22.0 Å². The van der Waals surface area contributed by atoms with Crippen LogP contribution in [0.15, 0.2) is 24.3 Å². The molecular formula is C10H11NO5. The maximum atomic E-state index is 11.4. The van der Waals surface area contributed by atoms with Crippen molar-refractivity contribution >= 4 is 5.97 Å². The average Bonchev–Trinajstić information content (AvgIpc) is 2.22. The number of nitro groups is 1. The van der Waals surface area contributed by atoms with Gasteiger partial charge in [0.25, 0.3) is 0 Å². The first-order valence-corrected chi connectivity index (χ1v) is 4.69. The molecule has 6 heteroatoms. The summed E-state index contributed by atoms with van der Waals surface area (Å²) in [5, 5.41) is 19.8. The van der Waals surface area contributed by atoms with E-state index in [0.717, 1.165) is 0 Å². The number of aromatic hydroxyl groups is 1. The number of hydrogen-bond acceptors (Lipinski definition) is 5. The Morgan fingerprint density at radius 1 is 1.56 bits per heavy atom. The number of nitrogens with zero attached hydrogens (tertiary/aromatic N) is 1. The Kier molecular flexibility index (Phi) is 3.82. The molecule has 0 amide bonds. The van der Waals surface area contributed by atoms with Gasteiger partial charge in [-0.05, 0) is 12.1 Å². The van der Waals surface area contributed by atoms with Crippen LogP contribution in [0.4, 0.5) is 0 Å². The van der Waals surface area contributed by atoms with E-state index in [1.54, 1.807) is 12.1 Å². The molecule has 0 aromatic heterocycles. The molecule has 0 saturated carbocycles. The van der Waals surface area contributed by atoms with Gasteiger partial charge in [-0.25, -0.2) is 4.79 Å². The molecule has 1 rings (SSSR count). The minimum Gasteiger partial charge on any atom is -0.504 e. The van der Waals surface area contributed by atoms with E-state index in [0.29, 0.717) is 0 Å². The number of phenolic OH excluding ortho intramolecular Hbond substituents is 1. The molecule has 16 heavy (non-hydrogen) atoms. The molecule has 6 nitrogen and oxygen atoms in total. The highest BCUT2D eigenvalue weighted by Crippen LogP contribution is 2.24. The van der Waals surface area contributed by atoms with Crippen molar-refractivity contribution in [1.29, 1.82) is 0 Å². The summed E-state index contributed by atoms with van der Waals surface area (Å²) in [5.74, 6) is -1.28. The van der Waals surface area contributed by atoms with E-state index in [4.69, 9.17) is 4.74 Å². The summed E-state index contributed by atoms with van der Waals surface area (Å²) >= 11 is 0. The molecule has 0 fully saturated rings. The Morgan fingerprint density at radius 2 is 2.19 bits per heavy atom. The van der Waals surface area contributed by atoms with Gasteiger partial charge in [-0.1, -0.05) is 19.1 Å². The highest BCUT2D eigenvalue weighted by atomic mass is 16.6. The summed E-state index contributed by atoms with van der Waals surface area (Å²) in [6.07, 6.45) is 0.0411. The second kappa shape index (κ2) is 5.11. The van der Waals surface area contributed by atoms with Gasteiger partial charge < -0.3 is 9.84 Å². The van der Waals surface area contributed by atoms with Crippen molar-refractivity contribution in [2.45, 2.75) is 19.4 Å². The number of benzene rings is 1. The Hall–Kier alpha value is -2.11. The summed E-state index contributed by atoms with van der Waals surface area (Å²) in [7, 11) is 0.